The monoisotopic (exact) mass is 486 g/mol. The number of rotatable bonds is 14. The molecule has 2 rings (SSSR count). The van der Waals surface area contributed by atoms with E-state index < -0.39 is 18.2 Å². The number of carbonyl (C=O) groups is 1. The number of aryl methyl sites for hydroxylation is 1. The summed E-state index contributed by atoms with van der Waals surface area (Å²) < 4.78 is 60.2. The lowest BCUT2D eigenvalue weighted by molar-refractivity contribution is -0.242. The number of aldehydes is 1. The van der Waals surface area contributed by atoms with E-state index in [-0.39, 0.29) is 18.9 Å². The zero-order valence-electron chi connectivity index (χ0n) is 18.9. The molecule has 0 saturated carbocycles. The SMILES string of the molecule is CCOC(OCC)Oc1ccc(SCC(CC=O)COc2ccc(C(F)(F)F)cc2)cc1C. The third-order valence-electron chi connectivity index (χ3n) is 4.56. The third-order valence-corrected chi connectivity index (χ3v) is 5.78. The van der Waals surface area contributed by atoms with Crippen LogP contribution in [0.4, 0.5) is 13.2 Å². The van der Waals surface area contributed by atoms with Crippen molar-refractivity contribution in [3.63, 3.8) is 0 Å². The number of thioether (sulfide) groups is 1. The second-order valence-electron chi connectivity index (χ2n) is 7.16. The summed E-state index contributed by atoms with van der Waals surface area (Å²) in [5.41, 5.74) is 0.184. The number of alkyl halides is 3. The van der Waals surface area contributed by atoms with E-state index >= 15 is 0 Å². The van der Waals surface area contributed by atoms with Gasteiger partial charge in [0.2, 0.25) is 0 Å². The van der Waals surface area contributed by atoms with Gasteiger partial charge in [-0.25, -0.2) is 0 Å². The van der Waals surface area contributed by atoms with Crippen molar-refractivity contribution < 1.29 is 36.9 Å². The Hall–Kier alpha value is -2.23. The molecule has 1 unspecified atom stereocenters. The van der Waals surface area contributed by atoms with E-state index in [2.05, 4.69) is 0 Å². The zero-order chi connectivity index (χ0) is 24.3. The number of carbonyl (C=O) groups excluding carboxylic acids is 1. The maximum absolute atomic E-state index is 12.7. The molecule has 0 heterocycles. The second kappa shape index (κ2) is 13.5. The molecular formula is C24H29F3O5S. The lowest BCUT2D eigenvalue weighted by Gasteiger charge is -2.20. The van der Waals surface area contributed by atoms with Gasteiger partial charge in [-0.2, -0.15) is 13.2 Å². The van der Waals surface area contributed by atoms with Gasteiger partial charge in [-0.15, -0.1) is 11.8 Å². The summed E-state index contributed by atoms with van der Waals surface area (Å²) >= 11 is 1.57. The highest BCUT2D eigenvalue weighted by Crippen LogP contribution is 2.31. The number of benzene rings is 2. The molecule has 0 bridgehead atoms. The van der Waals surface area contributed by atoms with Gasteiger partial charge in [0, 0.05) is 23.0 Å². The van der Waals surface area contributed by atoms with Crippen molar-refractivity contribution in [2.45, 2.75) is 44.7 Å². The average Bonchev–Trinajstić information content (AvgIpc) is 2.77. The summed E-state index contributed by atoms with van der Waals surface area (Å²) in [5.74, 6) is 1.51. The molecule has 9 heteroatoms. The first-order valence-corrected chi connectivity index (χ1v) is 11.6. The van der Waals surface area contributed by atoms with Gasteiger partial charge < -0.3 is 23.7 Å². The van der Waals surface area contributed by atoms with Gasteiger partial charge >= 0.3 is 12.7 Å². The van der Waals surface area contributed by atoms with Gasteiger partial charge in [-0.05, 0) is 68.8 Å². The molecule has 2 aromatic carbocycles. The fraction of sp³-hybridized carbons (Fsp3) is 0.458. The Morgan fingerprint density at radius 1 is 1.03 bits per heavy atom. The topological polar surface area (TPSA) is 54.0 Å². The first-order chi connectivity index (χ1) is 15.8. The summed E-state index contributed by atoms with van der Waals surface area (Å²) in [4.78, 5) is 12.1. The molecule has 0 spiro atoms. The van der Waals surface area contributed by atoms with E-state index in [4.69, 9.17) is 18.9 Å². The summed E-state index contributed by atoms with van der Waals surface area (Å²) in [6.07, 6.45) is -3.27. The number of ether oxygens (including phenoxy) is 4. The normalized spacial score (nSPS) is 12.6. The molecule has 2 aromatic rings. The Bertz CT molecular complexity index is 852. The molecule has 0 aliphatic carbocycles. The number of hydrogen-bond donors (Lipinski definition) is 0. The van der Waals surface area contributed by atoms with Crippen LogP contribution in [-0.2, 0) is 20.4 Å². The van der Waals surface area contributed by atoms with Crippen LogP contribution in [0.15, 0.2) is 47.4 Å². The first-order valence-electron chi connectivity index (χ1n) is 10.6. The highest BCUT2D eigenvalue weighted by Gasteiger charge is 2.30. The second-order valence-corrected chi connectivity index (χ2v) is 8.25. The number of halogens is 3. The molecule has 1 atom stereocenters. The molecule has 0 aliphatic heterocycles. The van der Waals surface area contributed by atoms with Crippen LogP contribution in [0.3, 0.4) is 0 Å². The Morgan fingerprint density at radius 3 is 2.24 bits per heavy atom. The molecule has 5 nitrogen and oxygen atoms in total. The molecule has 0 aliphatic rings. The van der Waals surface area contributed by atoms with E-state index in [1.165, 1.54) is 12.1 Å². The van der Waals surface area contributed by atoms with Crippen LogP contribution in [0.2, 0.25) is 0 Å². The van der Waals surface area contributed by atoms with Gasteiger partial charge in [-0.1, -0.05) is 0 Å². The van der Waals surface area contributed by atoms with Crippen LogP contribution < -0.4 is 9.47 Å². The summed E-state index contributed by atoms with van der Waals surface area (Å²) in [7, 11) is 0. The van der Waals surface area contributed by atoms with Gasteiger partial charge in [-0.3, -0.25) is 0 Å². The first kappa shape index (κ1) is 27.0. The Morgan fingerprint density at radius 2 is 1.70 bits per heavy atom. The van der Waals surface area contributed by atoms with Crippen LogP contribution in [0.1, 0.15) is 31.4 Å². The fourth-order valence-electron chi connectivity index (χ4n) is 2.82. The quantitative estimate of drug-likeness (QED) is 0.182. The standard InChI is InChI=1S/C24H29F3O5S/c1-4-29-23(30-5-2)32-22-11-10-21(14-17(22)3)33-16-18(12-13-28)15-31-20-8-6-19(7-9-20)24(25,26)27/h6-11,13-14,18,23H,4-5,12,15-16H2,1-3H3. The van der Waals surface area contributed by atoms with Crippen molar-refractivity contribution in [1.82, 2.24) is 0 Å². The third kappa shape index (κ3) is 9.27. The molecule has 0 N–H and O–H groups in total. The average molecular weight is 487 g/mol. The largest absolute Gasteiger partial charge is 0.493 e. The van der Waals surface area contributed by atoms with E-state index in [9.17, 15) is 18.0 Å². The summed E-state index contributed by atoms with van der Waals surface area (Å²) in [5, 5.41) is 0. The van der Waals surface area contributed by atoms with E-state index in [1.807, 2.05) is 39.0 Å². The highest BCUT2D eigenvalue weighted by atomic mass is 32.2. The Balaban J connectivity index is 1.92. The Kier molecular flexibility index (Phi) is 11.0. The highest BCUT2D eigenvalue weighted by molar-refractivity contribution is 7.99. The van der Waals surface area contributed by atoms with Gasteiger partial charge in [0.25, 0.3) is 0 Å². The van der Waals surface area contributed by atoms with Crippen molar-refractivity contribution in [3.05, 3.63) is 53.6 Å². The van der Waals surface area contributed by atoms with E-state index in [0.717, 1.165) is 28.9 Å². The van der Waals surface area contributed by atoms with Crippen molar-refractivity contribution in [2.75, 3.05) is 25.6 Å². The minimum atomic E-state index is -4.39. The summed E-state index contributed by atoms with van der Waals surface area (Å²) in [6.45, 7) is 6.02. The van der Waals surface area contributed by atoms with Crippen LogP contribution >= 0.6 is 11.8 Å². The summed E-state index contributed by atoms with van der Waals surface area (Å²) in [6, 6.07) is 10.3. The molecule has 33 heavy (non-hydrogen) atoms. The minimum absolute atomic E-state index is 0.0914. The van der Waals surface area contributed by atoms with E-state index in [0.29, 0.717) is 30.5 Å². The van der Waals surface area contributed by atoms with Gasteiger partial charge in [0.05, 0.1) is 25.4 Å². The maximum atomic E-state index is 12.7. The molecule has 0 aromatic heterocycles. The van der Waals surface area contributed by atoms with Crippen LogP contribution in [0, 0.1) is 12.8 Å². The number of hydrogen-bond acceptors (Lipinski definition) is 6. The van der Waals surface area contributed by atoms with Crippen molar-refractivity contribution in [1.29, 1.82) is 0 Å². The minimum Gasteiger partial charge on any atom is -0.493 e. The van der Waals surface area contributed by atoms with Crippen molar-refractivity contribution in [2.24, 2.45) is 5.92 Å². The van der Waals surface area contributed by atoms with Crippen LogP contribution in [0.5, 0.6) is 11.5 Å². The van der Waals surface area contributed by atoms with Crippen molar-refractivity contribution >= 4 is 18.0 Å². The predicted molar refractivity (Wildman–Crippen MR) is 121 cm³/mol. The van der Waals surface area contributed by atoms with Crippen LogP contribution in [-0.4, -0.2) is 38.3 Å². The smallest absolute Gasteiger partial charge is 0.416 e. The molecule has 182 valence electrons. The van der Waals surface area contributed by atoms with E-state index in [1.54, 1.807) is 11.8 Å². The fourth-order valence-corrected chi connectivity index (χ4v) is 3.91. The van der Waals surface area contributed by atoms with Crippen molar-refractivity contribution in [3.8, 4) is 11.5 Å². The van der Waals surface area contributed by atoms with Crippen LogP contribution in [0.25, 0.3) is 0 Å². The molecular weight excluding hydrogens is 457 g/mol. The molecule has 0 fully saturated rings. The molecule has 0 radical (unpaired) electrons. The Labute approximate surface area is 196 Å². The zero-order valence-corrected chi connectivity index (χ0v) is 19.7. The lowest BCUT2D eigenvalue weighted by atomic mass is 10.1. The molecule has 0 amide bonds. The molecule has 0 saturated heterocycles. The van der Waals surface area contributed by atoms with Gasteiger partial charge in [0.15, 0.2) is 0 Å². The predicted octanol–water partition coefficient (Wildman–Crippen LogP) is 6.13. The lowest BCUT2D eigenvalue weighted by Crippen LogP contribution is -2.24. The maximum Gasteiger partial charge on any atom is 0.416 e. The van der Waals surface area contributed by atoms with Gasteiger partial charge in [0.1, 0.15) is 17.8 Å².